The summed E-state index contributed by atoms with van der Waals surface area (Å²) in [4.78, 5) is 0. The highest BCUT2D eigenvalue weighted by atomic mass is 14.8. The number of hydrogen-bond acceptors (Lipinski definition) is 1. The standard InChI is InChI=1S/C18H17N/c1-19-12-6-8-15-13-14-7-2-3-9-16(14)18-11-5-4-10-17(15)18/h2-11,13,19H,12H2,1H3. The summed E-state index contributed by atoms with van der Waals surface area (Å²) in [6, 6.07) is 19.4. The van der Waals surface area contributed by atoms with Crippen LogP contribution in [0.15, 0.2) is 60.7 Å². The predicted octanol–water partition coefficient (Wildman–Crippen LogP) is 4.23. The zero-order chi connectivity index (χ0) is 13.1. The molecule has 1 N–H and O–H groups in total. The maximum Gasteiger partial charge on any atom is 0.0135 e. The van der Waals surface area contributed by atoms with Crippen molar-refractivity contribution in [2.75, 3.05) is 13.6 Å². The first kappa shape index (κ1) is 11.9. The first-order chi connectivity index (χ1) is 9.40. The van der Waals surface area contributed by atoms with Crippen molar-refractivity contribution in [2.45, 2.75) is 0 Å². The van der Waals surface area contributed by atoms with Crippen molar-refractivity contribution in [3.8, 4) is 0 Å². The van der Waals surface area contributed by atoms with Crippen LogP contribution >= 0.6 is 0 Å². The van der Waals surface area contributed by atoms with Gasteiger partial charge in [-0.25, -0.2) is 0 Å². The number of nitrogens with one attached hydrogen (secondary N) is 1. The fraction of sp³-hybridized carbons (Fsp3) is 0.111. The third kappa shape index (κ3) is 2.25. The Morgan fingerprint density at radius 3 is 2.37 bits per heavy atom. The van der Waals surface area contributed by atoms with Crippen molar-refractivity contribution in [1.82, 2.24) is 5.32 Å². The first-order valence-corrected chi connectivity index (χ1v) is 6.62. The van der Waals surface area contributed by atoms with Crippen molar-refractivity contribution in [3.05, 3.63) is 66.2 Å². The Balaban J connectivity index is 2.29. The van der Waals surface area contributed by atoms with Gasteiger partial charge in [0, 0.05) is 6.54 Å². The van der Waals surface area contributed by atoms with Crippen LogP contribution in [-0.2, 0) is 0 Å². The van der Waals surface area contributed by atoms with E-state index in [2.05, 4.69) is 72.1 Å². The molecule has 3 aromatic carbocycles. The van der Waals surface area contributed by atoms with Crippen LogP contribution in [0.4, 0.5) is 0 Å². The van der Waals surface area contributed by atoms with E-state index in [1.165, 1.54) is 27.1 Å². The third-order valence-corrected chi connectivity index (χ3v) is 3.42. The Hall–Kier alpha value is -2.12. The lowest BCUT2D eigenvalue weighted by Crippen LogP contribution is -2.03. The van der Waals surface area contributed by atoms with E-state index >= 15 is 0 Å². The number of rotatable bonds is 3. The van der Waals surface area contributed by atoms with Gasteiger partial charge in [-0.05, 0) is 40.2 Å². The smallest absolute Gasteiger partial charge is 0.0135 e. The molecule has 0 bridgehead atoms. The van der Waals surface area contributed by atoms with Crippen molar-refractivity contribution in [3.63, 3.8) is 0 Å². The summed E-state index contributed by atoms with van der Waals surface area (Å²) >= 11 is 0. The topological polar surface area (TPSA) is 12.0 Å². The van der Waals surface area contributed by atoms with Crippen LogP contribution in [-0.4, -0.2) is 13.6 Å². The van der Waals surface area contributed by atoms with Gasteiger partial charge in [0.2, 0.25) is 0 Å². The molecule has 3 rings (SSSR count). The van der Waals surface area contributed by atoms with Crippen LogP contribution in [0.25, 0.3) is 27.6 Å². The van der Waals surface area contributed by atoms with Crippen LogP contribution < -0.4 is 5.32 Å². The van der Waals surface area contributed by atoms with Gasteiger partial charge in [-0.3, -0.25) is 0 Å². The minimum absolute atomic E-state index is 0.890. The maximum absolute atomic E-state index is 3.14. The molecule has 0 atom stereocenters. The Kier molecular flexibility index (Phi) is 3.30. The molecular weight excluding hydrogens is 230 g/mol. The summed E-state index contributed by atoms with van der Waals surface area (Å²) < 4.78 is 0. The van der Waals surface area contributed by atoms with Crippen molar-refractivity contribution < 1.29 is 0 Å². The van der Waals surface area contributed by atoms with E-state index in [4.69, 9.17) is 0 Å². The second kappa shape index (κ2) is 5.25. The normalized spacial score (nSPS) is 11.6. The summed E-state index contributed by atoms with van der Waals surface area (Å²) in [5.41, 5.74) is 1.28. The minimum Gasteiger partial charge on any atom is -0.316 e. The molecule has 0 aliphatic carbocycles. The Morgan fingerprint density at radius 2 is 1.58 bits per heavy atom. The molecule has 0 unspecified atom stereocenters. The average Bonchev–Trinajstić information content (AvgIpc) is 2.47. The zero-order valence-electron chi connectivity index (χ0n) is 11.1. The van der Waals surface area contributed by atoms with E-state index in [1.807, 2.05) is 7.05 Å². The molecule has 0 fully saturated rings. The third-order valence-electron chi connectivity index (χ3n) is 3.42. The van der Waals surface area contributed by atoms with Gasteiger partial charge in [0.1, 0.15) is 0 Å². The van der Waals surface area contributed by atoms with Gasteiger partial charge in [0.15, 0.2) is 0 Å². The van der Waals surface area contributed by atoms with E-state index in [9.17, 15) is 0 Å². The minimum atomic E-state index is 0.890. The van der Waals surface area contributed by atoms with E-state index in [0.29, 0.717) is 0 Å². The molecule has 1 nitrogen and oxygen atoms in total. The monoisotopic (exact) mass is 247 g/mol. The van der Waals surface area contributed by atoms with Crippen LogP contribution in [0.2, 0.25) is 0 Å². The molecule has 0 aliphatic rings. The quantitative estimate of drug-likeness (QED) is 0.683. The zero-order valence-corrected chi connectivity index (χ0v) is 11.1. The number of benzene rings is 3. The van der Waals surface area contributed by atoms with E-state index in [1.54, 1.807) is 0 Å². The highest BCUT2D eigenvalue weighted by molar-refractivity contribution is 6.10. The van der Waals surface area contributed by atoms with Gasteiger partial charge in [0.25, 0.3) is 0 Å². The highest BCUT2D eigenvalue weighted by Gasteiger charge is 2.03. The molecule has 0 aliphatic heterocycles. The summed E-state index contributed by atoms with van der Waals surface area (Å²) in [5, 5.41) is 8.39. The van der Waals surface area contributed by atoms with E-state index in [0.717, 1.165) is 6.54 Å². The van der Waals surface area contributed by atoms with Gasteiger partial charge < -0.3 is 5.32 Å². The second-order valence-corrected chi connectivity index (χ2v) is 4.69. The molecule has 1 heteroatoms. The fourth-order valence-corrected chi connectivity index (χ4v) is 2.52. The highest BCUT2D eigenvalue weighted by Crippen LogP contribution is 2.29. The molecular formula is C18H17N. The van der Waals surface area contributed by atoms with Gasteiger partial charge in [0.05, 0.1) is 0 Å². The molecule has 0 radical (unpaired) electrons. The molecule has 0 saturated heterocycles. The van der Waals surface area contributed by atoms with Crippen LogP contribution in [0.3, 0.4) is 0 Å². The molecule has 0 heterocycles. The Bertz CT molecular complexity index is 741. The SMILES string of the molecule is CNCC=Cc1cc2ccccc2c2ccccc12. The largest absolute Gasteiger partial charge is 0.316 e. The second-order valence-electron chi connectivity index (χ2n) is 4.69. The molecule has 94 valence electrons. The summed E-state index contributed by atoms with van der Waals surface area (Å²) in [6.45, 7) is 0.890. The van der Waals surface area contributed by atoms with Gasteiger partial charge >= 0.3 is 0 Å². The number of likely N-dealkylation sites (N-methyl/N-ethyl adjacent to an activating group) is 1. The predicted molar refractivity (Wildman–Crippen MR) is 84.4 cm³/mol. The fourth-order valence-electron chi connectivity index (χ4n) is 2.52. The molecule has 0 aromatic heterocycles. The summed E-state index contributed by atoms with van der Waals surface area (Å²) in [5.74, 6) is 0. The maximum atomic E-state index is 3.14. The first-order valence-electron chi connectivity index (χ1n) is 6.62. The van der Waals surface area contributed by atoms with Crippen LogP contribution in [0.1, 0.15) is 5.56 Å². The van der Waals surface area contributed by atoms with Gasteiger partial charge in [-0.2, -0.15) is 0 Å². The van der Waals surface area contributed by atoms with Crippen molar-refractivity contribution >= 4 is 27.6 Å². The molecule has 0 spiro atoms. The molecule has 3 aromatic rings. The van der Waals surface area contributed by atoms with Crippen LogP contribution in [0.5, 0.6) is 0 Å². The lowest BCUT2D eigenvalue weighted by molar-refractivity contribution is 0.922. The van der Waals surface area contributed by atoms with E-state index < -0.39 is 0 Å². The van der Waals surface area contributed by atoms with Gasteiger partial charge in [-0.15, -0.1) is 0 Å². The summed E-state index contributed by atoms with van der Waals surface area (Å²) in [7, 11) is 1.96. The molecule has 19 heavy (non-hydrogen) atoms. The van der Waals surface area contributed by atoms with E-state index in [-0.39, 0.29) is 0 Å². The number of hydrogen-bond donors (Lipinski definition) is 1. The lowest BCUT2D eigenvalue weighted by atomic mass is 9.97. The Labute approximate surface area is 113 Å². The van der Waals surface area contributed by atoms with Gasteiger partial charge in [-0.1, -0.05) is 60.7 Å². The average molecular weight is 247 g/mol. The number of fused-ring (bicyclic) bond motifs is 3. The lowest BCUT2D eigenvalue weighted by Gasteiger charge is -2.07. The van der Waals surface area contributed by atoms with Crippen molar-refractivity contribution in [2.24, 2.45) is 0 Å². The summed E-state index contributed by atoms with van der Waals surface area (Å²) in [6.07, 6.45) is 4.36. The van der Waals surface area contributed by atoms with Crippen LogP contribution in [0, 0.1) is 0 Å². The molecule has 0 saturated carbocycles. The Morgan fingerprint density at radius 1 is 0.895 bits per heavy atom. The van der Waals surface area contributed by atoms with Crippen molar-refractivity contribution in [1.29, 1.82) is 0 Å². The molecule has 0 amide bonds.